The van der Waals surface area contributed by atoms with Gasteiger partial charge in [0.15, 0.2) is 0 Å². The Bertz CT molecular complexity index is 548. The van der Waals surface area contributed by atoms with Crippen LogP contribution in [0, 0.1) is 5.82 Å². The van der Waals surface area contributed by atoms with Crippen LogP contribution in [0.3, 0.4) is 0 Å². The van der Waals surface area contributed by atoms with E-state index in [0.717, 1.165) is 12.4 Å². The standard InChI is InChI=1S/C13H12ClFN2O/c1-2-16-12-4-3-5-13(17-12)18-9-6-7-11(15)10(14)8-9/h3-8H,2H2,1H3,(H,16,17). The highest BCUT2D eigenvalue weighted by molar-refractivity contribution is 6.30. The topological polar surface area (TPSA) is 34.1 Å². The third kappa shape index (κ3) is 3.11. The van der Waals surface area contributed by atoms with Crippen molar-refractivity contribution in [2.24, 2.45) is 0 Å². The van der Waals surface area contributed by atoms with Gasteiger partial charge in [-0.3, -0.25) is 0 Å². The highest BCUT2D eigenvalue weighted by Gasteiger charge is 2.04. The Morgan fingerprint density at radius 2 is 2.17 bits per heavy atom. The SMILES string of the molecule is CCNc1cccc(Oc2ccc(F)c(Cl)c2)n1. The van der Waals surface area contributed by atoms with Gasteiger partial charge < -0.3 is 10.1 Å². The van der Waals surface area contributed by atoms with E-state index in [1.165, 1.54) is 18.2 Å². The molecule has 1 heterocycles. The van der Waals surface area contributed by atoms with Gasteiger partial charge >= 0.3 is 0 Å². The number of hydrogen-bond acceptors (Lipinski definition) is 3. The number of aromatic nitrogens is 1. The van der Waals surface area contributed by atoms with E-state index in [-0.39, 0.29) is 5.02 Å². The van der Waals surface area contributed by atoms with Crippen LogP contribution in [0.25, 0.3) is 0 Å². The van der Waals surface area contributed by atoms with Gasteiger partial charge in [0, 0.05) is 18.7 Å². The molecule has 0 amide bonds. The Kier molecular flexibility index (Phi) is 3.99. The van der Waals surface area contributed by atoms with Crippen molar-refractivity contribution in [2.45, 2.75) is 6.92 Å². The first-order valence-corrected chi connectivity index (χ1v) is 5.90. The van der Waals surface area contributed by atoms with Crippen LogP contribution < -0.4 is 10.1 Å². The molecule has 18 heavy (non-hydrogen) atoms. The van der Waals surface area contributed by atoms with Crippen LogP contribution in [0.4, 0.5) is 10.2 Å². The fraction of sp³-hybridized carbons (Fsp3) is 0.154. The summed E-state index contributed by atoms with van der Waals surface area (Å²) < 4.78 is 18.5. The van der Waals surface area contributed by atoms with Crippen molar-refractivity contribution in [1.82, 2.24) is 4.98 Å². The Labute approximate surface area is 110 Å². The van der Waals surface area contributed by atoms with Gasteiger partial charge in [-0.25, -0.2) is 4.39 Å². The van der Waals surface area contributed by atoms with Crippen LogP contribution in [0.1, 0.15) is 6.92 Å². The van der Waals surface area contributed by atoms with Crippen LogP contribution in [0.15, 0.2) is 36.4 Å². The highest BCUT2D eigenvalue weighted by atomic mass is 35.5. The number of anilines is 1. The predicted molar refractivity (Wildman–Crippen MR) is 69.9 cm³/mol. The zero-order chi connectivity index (χ0) is 13.0. The molecule has 94 valence electrons. The van der Waals surface area contributed by atoms with Crippen LogP contribution >= 0.6 is 11.6 Å². The van der Waals surface area contributed by atoms with Gasteiger partial charge in [0.05, 0.1) is 5.02 Å². The van der Waals surface area contributed by atoms with Gasteiger partial charge in [-0.05, 0) is 25.1 Å². The lowest BCUT2D eigenvalue weighted by Crippen LogP contribution is -1.99. The van der Waals surface area contributed by atoms with Crippen molar-refractivity contribution in [3.8, 4) is 11.6 Å². The van der Waals surface area contributed by atoms with E-state index in [1.54, 1.807) is 6.07 Å². The minimum atomic E-state index is -0.474. The maximum Gasteiger partial charge on any atom is 0.221 e. The van der Waals surface area contributed by atoms with E-state index in [4.69, 9.17) is 16.3 Å². The fourth-order valence-electron chi connectivity index (χ4n) is 1.41. The molecule has 5 heteroatoms. The molecule has 0 aliphatic carbocycles. The number of benzene rings is 1. The molecular weight excluding hydrogens is 255 g/mol. The molecular formula is C13H12ClFN2O. The summed E-state index contributed by atoms with van der Waals surface area (Å²) in [5.74, 6) is 1.13. The summed E-state index contributed by atoms with van der Waals surface area (Å²) in [4.78, 5) is 4.24. The summed E-state index contributed by atoms with van der Waals surface area (Å²) in [5, 5.41) is 3.10. The lowest BCUT2D eigenvalue weighted by atomic mass is 10.3. The number of nitrogens with zero attached hydrogens (tertiary/aromatic N) is 1. The molecule has 0 aliphatic rings. The number of rotatable bonds is 4. The molecule has 1 aromatic carbocycles. The summed E-state index contributed by atoms with van der Waals surface area (Å²) in [7, 11) is 0. The van der Waals surface area contributed by atoms with Gasteiger partial charge in [0.25, 0.3) is 0 Å². The van der Waals surface area contributed by atoms with Gasteiger partial charge in [-0.2, -0.15) is 4.98 Å². The summed E-state index contributed by atoms with van der Waals surface area (Å²) in [6, 6.07) is 9.56. The molecule has 0 saturated carbocycles. The molecule has 1 N–H and O–H groups in total. The van der Waals surface area contributed by atoms with Crippen molar-refractivity contribution in [2.75, 3.05) is 11.9 Å². The third-order valence-electron chi connectivity index (χ3n) is 2.19. The second-order valence-electron chi connectivity index (χ2n) is 3.57. The van der Waals surface area contributed by atoms with Crippen molar-refractivity contribution in [3.05, 3.63) is 47.2 Å². The third-order valence-corrected chi connectivity index (χ3v) is 2.48. The first-order valence-electron chi connectivity index (χ1n) is 5.53. The van der Waals surface area contributed by atoms with Crippen molar-refractivity contribution < 1.29 is 9.13 Å². The molecule has 0 fully saturated rings. The molecule has 1 aromatic heterocycles. The summed E-state index contributed by atoms with van der Waals surface area (Å²) >= 11 is 5.67. The lowest BCUT2D eigenvalue weighted by molar-refractivity contribution is 0.462. The first-order chi connectivity index (χ1) is 8.69. The number of ether oxygens (including phenoxy) is 1. The molecule has 2 aromatic rings. The van der Waals surface area contributed by atoms with Crippen LogP contribution in [0.2, 0.25) is 5.02 Å². The van der Waals surface area contributed by atoms with E-state index < -0.39 is 5.82 Å². The minimum absolute atomic E-state index is 0.0235. The van der Waals surface area contributed by atoms with Gasteiger partial charge in [-0.15, -0.1) is 0 Å². The Balaban J connectivity index is 2.17. The van der Waals surface area contributed by atoms with Gasteiger partial charge in [0.1, 0.15) is 17.4 Å². The normalized spacial score (nSPS) is 10.2. The zero-order valence-corrected chi connectivity index (χ0v) is 10.5. The van der Waals surface area contributed by atoms with E-state index in [0.29, 0.717) is 11.6 Å². The molecule has 0 unspecified atom stereocenters. The fourth-order valence-corrected chi connectivity index (χ4v) is 1.58. The first kappa shape index (κ1) is 12.6. The smallest absolute Gasteiger partial charge is 0.221 e. The van der Waals surface area contributed by atoms with Gasteiger partial charge in [-0.1, -0.05) is 17.7 Å². The highest BCUT2D eigenvalue weighted by Crippen LogP contribution is 2.25. The van der Waals surface area contributed by atoms with Crippen molar-refractivity contribution in [1.29, 1.82) is 0 Å². The molecule has 2 rings (SSSR count). The maximum atomic E-state index is 13.0. The van der Waals surface area contributed by atoms with Crippen LogP contribution in [-0.4, -0.2) is 11.5 Å². The molecule has 0 atom stereocenters. The second-order valence-corrected chi connectivity index (χ2v) is 3.98. The summed E-state index contributed by atoms with van der Waals surface area (Å²) in [6.07, 6.45) is 0. The summed E-state index contributed by atoms with van der Waals surface area (Å²) in [5.41, 5.74) is 0. The van der Waals surface area contributed by atoms with E-state index in [2.05, 4.69) is 10.3 Å². The van der Waals surface area contributed by atoms with Crippen molar-refractivity contribution >= 4 is 17.4 Å². The lowest BCUT2D eigenvalue weighted by Gasteiger charge is -2.07. The monoisotopic (exact) mass is 266 g/mol. The van der Waals surface area contributed by atoms with Crippen LogP contribution in [-0.2, 0) is 0 Å². The predicted octanol–water partition coefficient (Wildman–Crippen LogP) is 4.10. The molecule has 0 bridgehead atoms. The maximum absolute atomic E-state index is 13.0. The second kappa shape index (κ2) is 5.69. The van der Waals surface area contributed by atoms with E-state index in [9.17, 15) is 4.39 Å². The van der Waals surface area contributed by atoms with Crippen molar-refractivity contribution in [3.63, 3.8) is 0 Å². The number of pyridine rings is 1. The number of hydrogen-bond donors (Lipinski definition) is 1. The molecule has 3 nitrogen and oxygen atoms in total. The molecule has 0 radical (unpaired) electrons. The van der Waals surface area contributed by atoms with Crippen LogP contribution in [0.5, 0.6) is 11.6 Å². The Morgan fingerprint density at radius 1 is 1.33 bits per heavy atom. The van der Waals surface area contributed by atoms with E-state index in [1.807, 2.05) is 19.1 Å². The largest absolute Gasteiger partial charge is 0.439 e. The minimum Gasteiger partial charge on any atom is -0.439 e. The zero-order valence-electron chi connectivity index (χ0n) is 9.78. The Morgan fingerprint density at radius 3 is 2.89 bits per heavy atom. The number of halogens is 2. The quantitative estimate of drug-likeness (QED) is 0.905. The molecule has 0 aliphatic heterocycles. The van der Waals surface area contributed by atoms with E-state index >= 15 is 0 Å². The molecule has 0 saturated heterocycles. The summed E-state index contributed by atoms with van der Waals surface area (Å²) in [6.45, 7) is 2.76. The Hall–Kier alpha value is -1.81. The number of nitrogens with one attached hydrogen (secondary N) is 1. The average molecular weight is 267 g/mol. The average Bonchev–Trinajstić information content (AvgIpc) is 2.35. The van der Waals surface area contributed by atoms with Gasteiger partial charge in [0.2, 0.25) is 5.88 Å². The molecule has 0 spiro atoms.